The van der Waals surface area contributed by atoms with Gasteiger partial charge in [0.25, 0.3) is 0 Å². The minimum absolute atomic E-state index is 0.550. The van der Waals surface area contributed by atoms with E-state index >= 15 is 0 Å². The molecule has 0 saturated heterocycles. The van der Waals surface area contributed by atoms with E-state index in [9.17, 15) is 0 Å². The lowest BCUT2D eigenvalue weighted by Gasteiger charge is -2.10. The molecule has 0 amide bonds. The van der Waals surface area contributed by atoms with Gasteiger partial charge in [-0.05, 0) is 36.3 Å². The SMILES string of the molecule is CCCSc1ccc(CNC(C)C)cc1C. The van der Waals surface area contributed by atoms with Crippen molar-refractivity contribution in [3.63, 3.8) is 0 Å². The fourth-order valence-electron chi connectivity index (χ4n) is 1.52. The molecule has 0 bridgehead atoms. The second-order valence-corrected chi connectivity index (χ2v) is 5.62. The number of aryl methyl sites for hydroxylation is 1. The Morgan fingerprint density at radius 3 is 2.62 bits per heavy atom. The monoisotopic (exact) mass is 237 g/mol. The molecule has 0 aliphatic carbocycles. The van der Waals surface area contributed by atoms with Crippen LogP contribution in [0.5, 0.6) is 0 Å². The van der Waals surface area contributed by atoms with Gasteiger partial charge in [-0.1, -0.05) is 32.9 Å². The molecule has 0 atom stereocenters. The summed E-state index contributed by atoms with van der Waals surface area (Å²) in [6.45, 7) is 9.76. The molecule has 1 nitrogen and oxygen atoms in total. The van der Waals surface area contributed by atoms with E-state index in [0.717, 1.165) is 6.54 Å². The minimum atomic E-state index is 0.550. The van der Waals surface area contributed by atoms with E-state index in [4.69, 9.17) is 0 Å². The van der Waals surface area contributed by atoms with Gasteiger partial charge in [0.2, 0.25) is 0 Å². The highest BCUT2D eigenvalue weighted by Gasteiger charge is 2.01. The van der Waals surface area contributed by atoms with E-state index in [1.165, 1.54) is 28.2 Å². The normalized spacial score (nSPS) is 11.1. The van der Waals surface area contributed by atoms with Crippen molar-refractivity contribution in [3.8, 4) is 0 Å². The molecule has 0 heterocycles. The Kier molecular flexibility index (Phi) is 5.93. The van der Waals surface area contributed by atoms with Crippen LogP contribution < -0.4 is 5.32 Å². The maximum Gasteiger partial charge on any atom is 0.0207 e. The summed E-state index contributed by atoms with van der Waals surface area (Å²) in [6, 6.07) is 7.34. The van der Waals surface area contributed by atoms with E-state index in [-0.39, 0.29) is 0 Å². The van der Waals surface area contributed by atoms with Crippen molar-refractivity contribution < 1.29 is 0 Å². The van der Waals surface area contributed by atoms with Gasteiger partial charge in [0, 0.05) is 17.5 Å². The van der Waals surface area contributed by atoms with Crippen LogP contribution in [0.2, 0.25) is 0 Å². The summed E-state index contributed by atoms with van der Waals surface area (Å²) >= 11 is 1.96. The highest BCUT2D eigenvalue weighted by atomic mass is 32.2. The third-order valence-electron chi connectivity index (χ3n) is 2.42. The van der Waals surface area contributed by atoms with E-state index < -0.39 is 0 Å². The third kappa shape index (κ3) is 4.58. The Balaban J connectivity index is 2.59. The number of benzene rings is 1. The summed E-state index contributed by atoms with van der Waals surface area (Å²) in [5, 5.41) is 3.44. The van der Waals surface area contributed by atoms with Crippen molar-refractivity contribution in [1.82, 2.24) is 5.32 Å². The summed E-state index contributed by atoms with van der Waals surface area (Å²) in [7, 11) is 0. The lowest BCUT2D eigenvalue weighted by Crippen LogP contribution is -2.21. The summed E-state index contributed by atoms with van der Waals surface area (Å²) in [5.74, 6) is 1.21. The standard InChI is InChI=1S/C14H23NS/c1-5-8-16-14-7-6-13(9-12(14)4)10-15-11(2)3/h6-7,9,11,15H,5,8,10H2,1-4H3. The van der Waals surface area contributed by atoms with Crippen molar-refractivity contribution in [1.29, 1.82) is 0 Å². The van der Waals surface area contributed by atoms with E-state index in [1.807, 2.05) is 11.8 Å². The quantitative estimate of drug-likeness (QED) is 0.751. The second-order valence-electron chi connectivity index (χ2n) is 4.48. The highest BCUT2D eigenvalue weighted by Crippen LogP contribution is 2.23. The molecule has 0 saturated carbocycles. The van der Waals surface area contributed by atoms with Gasteiger partial charge in [-0.25, -0.2) is 0 Å². The molecule has 1 aromatic rings. The molecule has 0 aliphatic heterocycles. The predicted octanol–water partition coefficient (Wildman–Crippen LogP) is 4.00. The first kappa shape index (κ1) is 13.6. The second kappa shape index (κ2) is 6.97. The Bertz CT molecular complexity index is 321. The Morgan fingerprint density at radius 2 is 2.06 bits per heavy atom. The van der Waals surface area contributed by atoms with Crippen molar-refractivity contribution in [2.24, 2.45) is 0 Å². The van der Waals surface area contributed by atoms with Crippen LogP contribution in [0.1, 0.15) is 38.3 Å². The number of nitrogens with one attached hydrogen (secondary N) is 1. The van der Waals surface area contributed by atoms with Gasteiger partial charge in [-0.2, -0.15) is 0 Å². The highest BCUT2D eigenvalue weighted by molar-refractivity contribution is 7.99. The Hall–Kier alpha value is -0.470. The van der Waals surface area contributed by atoms with Crippen LogP contribution >= 0.6 is 11.8 Å². The molecule has 1 rings (SSSR count). The van der Waals surface area contributed by atoms with Gasteiger partial charge >= 0.3 is 0 Å². The maximum atomic E-state index is 3.44. The van der Waals surface area contributed by atoms with Crippen LogP contribution in [0.25, 0.3) is 0 Å². The van der Waals surface area contributed by atoms with Crippen LogP contribution in [0.4, 0.5) is 0 Å². The fourth-order valence-corrected chi connectivity index (χ4v) is 2.39. The molecular formula is C14H23NS. The van der Waals surface area contributed by atoms with Gasteiger partial charge in [0.15, 0.2) is 0 Å². The molecule has 0 radical (unpaired) electrons. The fraction of sp³-hybridized carbons (Fsp3) is 0.571. The van der Waals surface area contributed by atoms with Gasteiger partial charge in [0.05, 0.1) is 0 Å². The van der Waals surface area contributed by atoms with Crippen LogP contribution in [-0.4, -0.2) is 11.8 Å². The van der Waals surface area contributed by atoms with Crippen molar-refractivity contribution in [2.45, 2.75) is 51.6 Å². The number of thioether (sulfide) groups is 1. The molecular weight excluding hydrogens is 214 g/mol. The molecule has 1 N–H and O–H groups in total. The lowest BCUT2D eigenvalue weighted by molar-refractivity contribution is 0.588. The number of hydrogen-bond acceptors (Lipinski definition) is 2. The number of rotatable bonds is 6. The molecule has 0 spiro atoms. The summed E-state index contributed by atoms with van der Waals surface area (Å²) in [4.78, 5) is 1.43. The molecule has 90 valence electrons. The largest absolute Gasteiger partial charge is 0.310 e. The molecule has 0 aromatic heterocycles. The average molecular weight is 237 g/mol. The van der Waals surface area contributed by atoms with E-state index in [1.54, 1.807) is 0 Å². The first-order valence-electron chi connectivity index (χ1n) is 6.09. The molecule has 0 fully saturated rings. The third-order valence-corrected chi connectivity index (χ3v) is 3.80. The van der Waals surface area contributed by atoms with Gasteiger partial charge in [0.1, 0.15) is 0 Å². The molecule has 0 aliphatic rings. The molecule has 0 unspecified atom stereocenters. The van der Waals surface area contributed by atoms with Crippen molar-refractivity contribution >= 4 is 11.8 Å². The summed E-state index contributed by atoms with van der Waals surface area (Å²) in [6.07, 6.45) is 1.24. The number of hydrogen-bond donors (Lipinski definition) is 1. The van der Waals surface area contributed by atoms with Gasteiger partial charge < -0.3 is 5.32 Å². The topological polar surface area (TPSA) is 12.0 Å². The van der Waals surface area contributed by atoms with Crippen LogP contribution in [0.3, 0.4) is 0 Å². The van der Waals surface area contributed by atoms with Crippen LogP contribution in [0, 0.1) is 6.92 Å². The molecule has 1 aromatic carbocycles. The van der Waals surface area contributed by atoms with E-state index in [2.05, 4.69) is 51.2 Å². The Labute approximate surface area is 104 Å². The predicted molar refractivity (Wildman–Crippen MR) is 74.2 cm³/mol. The van der Waals surface area contributed by atoms with Gasteiger partial charge in [-0.15, -0.1) is 11.8 Å². The maximum absolute atomic E-state index is 3.44. The first-order chi connectivity index (χ1) is 7.63. The average Bonchev–Trinajstić information content (AvgIpc) is 2.25. The Morgan fingerprint density at radius 1 is 1.31 bits per heavy atom. The minimum Gasteiger partial charge on any atom is -0.310 e. The molecule has 16 heavy (non-hydrogen) atoms. The smallest absolute Gasteiger partial charge is 0.0207 e. The van der Waals surface area contributed by atoms with Crippen molar-refractivity contribution in [2.75, 3.05) is 5.75 Å². The zero-order valence-electron chi connectivity index (χ0n) is 10.8. The first-order valence-corrected chi connectivity index (χ1v) is 7.07. The zero-order valence-corrected chi connectivity index (χ0v) is 11.7. The summed E-state index contributed by atoms with van der Waals surface area (Å²) < 4.78 is 0. The molecule has 2 heteroatoms. The van der Waals surface area contributed by atoms with Gasteiger partial charge in [-0.3, -0.25) is 0 Å². The summed E-state index contributed by atoms with van der Waals surface area (Å²) in [5.41, 5.74) is 2.79. The van der Waals surface area contributed by atoms with E-state index in [0.29, 0.717) is 6.04 Å². The lowest BCUT2D eigenvalue weighted by atomic mass is 10.1. The van der Waals surface area contributed by atoms with Crippen LogP contribution in [-0.2, 0) is 6.54 Å². The van der Waals surface area contributed by atoms with Crippen LogP contribution in [0.15, 0.2) is 23.1 Å². The zero-order chi connectivity index (χ0) is 12.0. The van der Waals surface area contributed by atoms with Crippen molar-refractivity contribution in [3.05, 3.63) is 29.3 Å².